The van der Waals surface area contributed by atoms with Crippen LogP contribution in [0.25, 0.3) is 0 Å². The lowest BCUT2D eigenvalue weighted by Gasteiger charge is -2.13. The molecule has 0 spiro atoms. The Bertz CT molecular complexity index is 696. The molecular formula is C19H22N2O3. The van der Waals surface area contributed by atoms with Crippen LogP contribution in [-0.2, 0) is 4.79 Å². The van der Waals surface area contributed by atoms with Crippen LogP contribution in [0, 0.1) is 6.92 Å². The van der Waals surface area contributed by atoms with Crippen molar-refractivity contribution in [2.45, 2.75) is 26.9 Å². The predicted octanol–water partition coefficient (Wildman–Crippen LogP) is 3.31. The van der Waals surface area contributed by atoms with Gasteiger partial charge in [-0.25, -0.2) is 5.43 Å². The van der Waals surface area contributed by atoms with Gasteiger partial charge in [0.1, 0.15) is 11.5 Å². The number of rotatable bonds is 7. The molecule has 0 radical (unpaired) electrons. The summed E-state index contributed by atoms with van der Waals surface area (Å²) in [7, 11) is 0. The van der Waals surface area contributed by atoms with Gasteiger partial charge >= 0.3 is 0 Å². The number of benzene rings is 2. The van der Waals surface area contributed by atoms with Gasteiger partial charge in [0.2, 0.25) is 0 Å². The zero-order valence-corrected chi connectivity index (χ0v) is 14.2. The van der Waals surface area contributed by atoms with Crippen molar-refractivity contribution in [1.29, 1.82) is 0 Å². The van der Waals surface area contributed by atoms with Crippen molar-refractivity contribution in [3.63, 3.8) is 0 Å². The van der Waals surface area contributed by atoms with E-state index in [9.17, 15) is 4.79 Å². The smallest absolute Gasteiger partial charge is 0.280 e. The number of nitrogens with zero attached hydrogens (tertiary/aromatic N) is 1. The van der Waals surface area contributed by atoms with E-state index in [0.717, 1.165) is 16.9 Å². The van der Waals surface area contributed by atoms with Crippen LogP contribution in [0.15, 0.2) is 53.6 Å². The summed E-state index contributed by atoms with van der Waals surface area (Å²) < 4.78 is 11.0. The third kappa shape index (κ3) is 5.43. The molecule has 0 heterocycles. The Balaban J connectivity index is 1.85. The lowest BCUT2D eigenvalue weighted by molar-refractivity contribution is -0.127. The maximum Gasteiger partial charge on any atom is 0.280 e. The summed E-state index contributed by atoms with van der Waals surface area (Å²) in [5.74, 6) is 1.16. The first-order chi connectivity index (χ1) is 11.6. The fourth-order valence-electron chi connectivity index (χ4n) is 2.02. The van der Waals surface area contributed by atoms with E-state index in [1.54, 1.807) is 13.1 Å². The second kappa shape index (κ2) is 8.72. The first-order valence-electron chi connectivity index (χ1n) is 7.87. The maximum atomic E-state index is 12.0. The van der Waals surface area contributed by atoms with E-state index in [1.807, 2.05) is 62.4 Å². The van der Waals surface area contributed by atoms with Gasteiger partial charge < -0.3 is 9.47 Å². The van der Waals surface area contributed by atoms with E-state index in [4.69, 9.17) is 9.47 Å². The van der Waals surface area contributed by atoms with Gasteiger partial charge in [-0.05, 0) is 68.3 Å². The second-order valence-corrected chi connectivity index (χ2v) is 5.31. The molecule has 0 aromatic heterocycles. The molecule has 0 aliphatic carbocycles. The van der Waals surface area contributed by atoms with Crippen LogP contribution >= 0.6 is 0 Å². The van der Waals surface area contributed by atoms with Gasteiger partial charge in [0.15, 0.2) is 6.10 Å². The highest BCUT2D eigenvalue weighted by Gasteiger charge is 2.13. The van der Waals surface area contributed by atoms with Crippen molar-refractivity contribution >= 4 is 12.1 Å². The van der Waals surface area contributed by atoms with E-state index in [0.29, 0.717) is 12.4 Å². The summed E-state index contributed by atoms with van der Waals surface area (Å²) in [6.45, 7) is 6.22. The lowest BCUT2D eigenvalue weighted by Crippen LogP contribution is -2.33. The van der Waals surface area contributed by atoms with Gasteiger partial charge in [-0.15, -0.1) is 0 Å². The highest BCUT2D eigenvalue weighted by molar-refractivity contribution is 5.84. The molecule has 0 unspecified atom stereocenters. The molecule has 0 bridgehead atoms. The molecule has 5 nitrogen and oxygen atoms in total. The normalized spacial score (nSPS) is 12.0. The van der Waals surface area contributed by atoms with E-state index in [-0.39, 0.29) is 5.91 Å². The van der Waals surface area contributed by atoms with Gasteiger partial charge in [0.05, 0.1) is 12.8 Å². The molecule has 126 valence electrons. The van der Waals surface area contributed by atoms with Crippen LogP contribution in [0.1, 0.15) is 25.0 Å². The van der Waals surface area contributed by atoms with E-state index >= 15 is 0 Å². The first-order valence-corrected chi connectivity index (χ1v) is 7.87. The van der Waals surface area contributed by atoms with Gasteiger partial charge in [-0.3, -0.25) is 4.79 Å². The Labute approximate surface area is 142 Å². The Kier molecular flexibility index (Phi) is 6.37. The van der Waals surface area contributed by atoms with Gasteiger partial charge in [0.25, 0.3) is 5.91 Å². The molecule has 1 atom stereocenters. The van der Waals surface area contributed by atoms with Crippen molar-refractivity contribution in [2.24, 2.45) is 5.10 Å². The topological polar surface area (TPSA) is 59.9 Å². The average molecular weight is 326 g/mol. The number of hydrazone groups is 1. The summed E-state index contributed by atoms with van der Waals surface area (Å²) >= 11 is 0. The van der Waals surface area contributed by atoms with Crippen LogP contribution in [0.2, 0.25) is 0 Å². The first kappa shape index (κ1) is 17.5. The van der Waals surface area contributed by atoms with Crippen molar-refractivity contribution < 1.29 is 14.3 Å². The monoisotopic (exact) mass is 326 g/mol. The molecule has 0 saturated carbocycles. The number of carbonyl (C=O) groups is 1. The number of ether oxygens (including phenoxy) is 2. The van der Waals surface area contributed by atoms with Gasteiger partial charge in [-0.1, -0.05) is 12.1 Å². The molecule has 2 aromatic rings. The summed E-state index contributed by atoms with van der Waals surface area (Å²) in [5, 5.41) is 3.95. The second-order valence-electron chi connectivity index (χ2n) is 5.31. The van der Waals surface area contributed by atoms with Crippen LogP contribution in [0.3, 0.4) is 0 Å². The fourth-order valence-corrected chi connectivity index (χ4v) is 2.02. The van der Waals surface area contributed by atoms with Crippen molar-refractivity contribution in [1.82, 2.24) is 5.43 Å². The molecule has 0 aliphatic heterocycles. The summed E-state index contributed by atoms with van der Waals surface area (Å²) in [5.41, 5.74) is 4.42. The number of amides is 1. The standard InChI is InChI=1S/C19H22N2O3/c1-4-23-17-10-8-16(9-11-17)13-20-21-19(22)15(3)24-18-7-5-6-14(2)12-18/h5-13,15H,4H2,1-3H3,(H,21,22)/b20-13-/t15-/m0/s1. The third-order valence-corrected chi connectivity index (χ3v) is 3.25. The Morgan fingerprint density at radius 1 is 1.21 bits per heavy atom. The van der Waals surface area contributed by atoms with E-state index in [2.05, 4.69) is 10.5 Å². The SMILES string of the molecule is CCOc1ccc(/C=N\NC(=O)[C@H](C)Oc2cccc(C)c2)cc1. The number of hydrogen-bond donors (Lipinski definition) is 1. The van der Waals surface area contributed by atoms with E-state index < -0.39 is 6.10 Å². The lowest BCUT2D eigenvalue weighted by atomic mass is 10.2. The molecule has 0 aliphatic rings. The summed E-state index contributed by atoms with van der Waals surface area (Å²) in [6, 6.07) is 15.0. The molecular weight excluding hydrogens is 304 g/mol. The molecule has 5 heteroatoms. The number of carbonyl (C=O) groups excluding carboxylic acids is 1. The van der Waals surface area contributed by atoms with Gasteiger partial charge in [0, 0.05) is 0 Å². The average Bonchev–Trinajstić information content (AvgIpc) is 2.56. The zero-order valence-electron chi connectivity index (χ0n) is 14.2. The van der Waals surface area contributed by atoms with Crippen molar-refractivity contribution in [3.8, 4) is 11.5 Å². The summed E-state index contributed by atoms with van der Waals surface area (Å²) in [4.78, 5) is 12.0. The maximum absolute atomic E-state index is 12.0. The highest BCUT2D eigenvalue weighted by Crippen LogP contribution is 2.14. The highest BCUT2D eigenvalue weighted by atomic mass is 16.5. The minimum atomic E-state index is -0.635. The minimum Gasteiger partial charge on any atom is -0.494 e. The van der Waals surface area contributed by atoms with Crippen molar-refractivity contribution in [2.75, 3.05) is 6.61 Å². The zero-order chi connectivity index (χ0) is 17.4. The van der Waals surface area contributed by atoms with Crippen molar-refractivity contribution in [3.05, 3.63) is 59.7 Å². The number of hydrogen-bond acceptors (Lipinski definition) is 4. The van der Waals surface area contributed by atoms with Crippen LogP contribution in [0.5, 0.6) is 11.5 Å². The Morgan fingerprint density at radius 2 is 1.96 bits per heavy atom. The minimum absolute atomic E-state index is 0.307. The molecule has 1 amide bonds. The fraction of sp³-hybridized carbons (Fsp3) is 0.263. The molecule has 24 heavy (non-hydrogen) atoms. The molecule has 2 rings (SSSR count). The Hall–Kier alpha value is -2.82. The Morgan fingerprint density at radius 3 is 2.62 bits per heavy atom. The number of aryl methyl sites for hydroxylation is 1. The predicted molar refractivity (Wildman–Crippen MR) is 94.6 cm³/mol. The third-order valence-electron chi connectivity index (χ3n) is 3.25. The molecule has 0 saturated heterocycles. The molecule has 0 fully saturated rings. The molecule has 1 N–H and O–H groups in total. The largest absolute Gasteiger partial charge is 0.494 e. The molecule has 2 aromatic carbocycles. The van der Waals surface area contributed by atoms with Gasteiger partial charge in [-0.2, -0.15) is 5.10 Å². The van der Waals surface area contributed by atoms with E-state index in [1.165, 1.54) is 0 Å². The van der Waals surface area contributed by atoms with Crippen LogP contribution in [-0.4, -0.2) is 24.8 Å². The number of nitrogens with one attached hydrogen (secondary N) is 1. The van der Waals surface area contributed by atoms with Crippen LogP contribution in [0.4, 0.5) is 0 Å². The van der Waals surface area contributed by atoms with Crippen LogP contribution < -0.4 is 14.9 Å². The quantitative estimate of drug-likeness (QED) is 0.627. The summed E-state index contributed by atoms with van der Waals surface area (Å²) in [6.07, 6.45) is 0.941.